The molecular formula is C25H30ClN6O3P. The lowest BCUT2D eigenvalue weighted by Gasteiger charge is -2.59. The summed E-state index contributed by atoms with van der Waals surface area (Å²) in [5.41, 5.74) is 1.70. The summed E-state index contributed by atoms with van der Waals surface area (Å²) < 4.78 is 23.7. The summed E-state index contributed by atoms with van der Waals surface area (Å²) in [7, 11) is 0.861. The number of hydrogen-bond donors (Lipinski definition) is 2. The van der Waals surface area contributed by atoms with Crippen molar-refractivity contribution in [3.05, 3.63) is 47.6 Å². The first-order valence-electron chi connectivity index (χ1n) is 11.7. The molecule has 3 aromatic rings. The average molecular weight is 529 g/mol. The Morgan fingerprint density at radius 1 is 1.06 bits per heavy atom. The first kappa shape index (κ1) is 24.8. The number of benzene rings is 1. The van der Waals surface area contributed by atoms with Crippen molar-refractivity contribution in [1.82, 2.24) is 15.0 Å². The van der Waals surface area contributed by atoms with Gasteiger partial charge in [-0.3, -0.25) is 0 Å². The van der Waals surface area contributed by atoms with E-state index in [1.807, 2.05) is 36.4 Å². The van der Waals surface area contributed by atoms with Crippen LogP contribution in [-0.4, -0.2) is 61.7 Å². The maximum Gasteiger partial charge on any atom is 0.239 e. The highest BCUT2D eigenvalue weighted by molar-refractivity contribution is 7.70. The molecule has 1 saturated carbocycles. The summed E-state index contributed by atoms with van der Waals surface area (Å²) in [6.45, 7) is 5.42. The van der Waals surface area contributed by atoms with E-state index in [4.69, 9.17) is 26.1 Å². The fraction of sp³-hybridized carbons (Fsp3) is 0.400. The lowest BCUT2D eigenvalue weighted by Crippen LogP contribution is -2.64. The number of hydrogen-bond acceptors (Lipinski definition) is 9. The molecule has 11 heteroatoms. The van der Waals surface area contributed by atoms with Gasteiger partial charge in [0.1, 0.15) is 23.7 Å². The molecule has 36 heavy (non-hydrogen) atoms. The molecule has 1 spiro atoms. The van der Waals surface area contributed by atoms with Crippen molar-refractivity contribution in [3.63, 3.8) is 0 Å². The fourth-order valence-electron chi connectivity index (χ4n) is 4.93. The predicted octanol–water partition coefficient (Wildman–Crippen LogP) is 4.88. The first-order chi connectivity index (χ1) is 17.2. The van der Waals surface area contributed by atoms with Gasteiger partial charge in [-0.15, -0.1) is 0 Å². The summed E-state index contributed by atoms with van der Waals surface area (Å²) in [4.78, 5) is 15.8. The second kappa shape index (κ2) is 9.54. The Kier molecular flexibility index (Phi) is 6.57. The quantitative estimate of drug-likeness (QED) is 0.396. The molecule has 1 saturated heterocycles. The normalized spacial score (nSPS) is 16.9. The molecule has 0 unspecified atom stereocenters. The summed E-state index contributed by atoms with van der Waals surface area (Å²) >= 11 is 6.38. The zero-order chi connectivity index (χ0) is 25.5. The predicted molar refractivity (Wildman–Crippen MR) is 145 cm³/mol. The lowest BCUT2D eigenvalue weighted by atomic mass is 9.62. The van der Waals surface area contributed by atoms with Crippen LogP contribution < -0.4 is 25.6 Å². The summed E-state index contributed by atoms with van der Waals surface area (Å²) in [5, 5.41) is 7.46. The summed E-state index contributed by atoms with van der Waals surface area (Å²) in [6, 6.07) is 11.3. The second-order valence-corrected chi connectivity index (χ2v) is 13.4. The van der Waals surface area contributed by atoms with Crippen LogP contribution in [0.2, 0.25) is 5.02 Å². The number of anilines is 5. The van der Waals surface area contributed by atoms with Gasteiger partial charge < -0.3 is 29.6 Å². The van der Waals surface area contributed by atoms with Crippen LogP contribution in [0.5, 0.6) is 5.88 Å². The van der Waals surface area contributed by atoms with E-state index in [1.165, 1.54) is 6.20 Å². The maximum atomic E-state index is 12.7. The Morgan fingerprint density at radius 2 is 1.81 bits per heavy atom. The van der Waals surface area contributed by atoms with Crippen LogP contribution in [-0.2, 0) is 9.30 Å². The topological polar surface area (TPSA) is 102 Å². The molecule has 0 radical (unpaired) electrons. The number of ether oxygens (including phenoxy) is 2. The van der Waals surface area contributed by atoms with E-state index in [0.29, 0.717) is 45.6 Å². The van der Waals surface area contributed by atoms with Crippen molar-refractivity contribution in [2.75, 3.05) is 56.2 Å². The van der Waals surface area contributed by atoms with Gasteiger partial charge in [0.25, 0.3) is 0 Å². The molecule has 9 nitrogen and oxygen atoms in total. The van der Waals surface area contributed by atoms with E-state index in [9.17, 15) is 4.57 Å². The zero-order valence-corrected chi connectivity index (χ0v) is 22.4. The Morgan fingerprint density at radius 3 is 2.50 bits per heavy atom. The van der Waals surface area contributed by atoms with Crippen LogP contribution in [0.4, 0.5) is 29.0 Å². The highest BCUT2D eigenvalue weighted by atomic mass is 35.5. The van der Waals surface area contributed by atoms with Crippen molar-refractivity contribution in [1.29, 1.82) is 0 Å². The van der Waals surface area contributed by atoms with Crippen LogP contribution in [0, 0.1) is 5.41 Å². The van der Waals surface area contributed by atoms with Crippen molar-refractivity contribution in [2.45, 2.75) is 18.9 Å². The third kappa shape index (κ3) is 4.88. The van der Waals surface area contributed by atoms with E-state index in [0.717, 1.165) is 37.1 Å². The van der Waals surface area contributed by atoms with Crippen LogP contribution in [0.15, 0.2) is 42.6 Å². The molecule has 1 aromatic carbocycles. The van der Waals surface area contributed by atoms with Gasteiger partial charge in [0.2, 0.25) is 11.8 Å². The smallest absolute Gasteiger partial charge is 0.239 e. The van der Waals surface area contributed by atoms with Crippen LogP contribution in [0.1, 0.15) is 12.8 Å². The Bertz CT molecular complexity index is 1320. The van der Waals surface area contributed by atoms with Crippen molar-refractivity contribution in [2.24, 2.45) is 5.41 Å². The lowest BCUT2D eigenvalue weighted by molar-refractivity contribution is -0.0733. The van der Waals surface area contributed by atoms with E-state index < -0.39 is 7.14 Å². The van der Waals surface area contributed by atoms with Crippen molar-refractivity contribution in [3.8, 4) is 5.88 Å². The number of halogens is 1. The number of aromatic nitrogens is 3. The molecule has 2 aliphatic rings. The molecule has 0 atom stereocenters. The minimum absolute atomic E-state index is 0.325. The highest BCUT2D eigenvalue weighted by Crippen LogP contribution is 2.50. The number of methoxy groups -OCH3 is 2. The summed E-state index contributed by atoms with van der Waals surface area (Å²) in [5.74, 6) is 2.06. The minimum Gasteiger partial charge on any atom is -0.479 e. The molecular weight excluding hydrogens is 499 g/mol. The average Bonchev–Trinajstić information content (AvgIpc) is 2.80. The van der Waals surface area contributed by atoms with Crippen LogP contribution in [0.3, 0.4) is 0 Å². The van der Waals surface area contributed by atoms with E-state index >= 15 is 0 Å². The monoisotopic (exact) mass is 528 g/mol. The van der Waals surface area contributed by atoms with E-state index in [1.54, 1.807) is 27.5 Å². The van der Waals surface area contributed by atoms with Crippen molar-refractivity contribution < 1.29 is 14.0 Å². The van der Waals surface area contributed by atoms with E-state index in [-0.39, 0.29) is 0 Å². The van der Waals surface area contributed by atoms with Crippen LogP contribution in [0.25, 0.3) is 0 Å². The third-order valence-corrected chi connectivity index (χ3v) is 8.62. The maximum absolute atomic E-state index is 12.7. The number of nitrogens with one attached hydrogen (secondary N) is 2. The van der Waals surface area contributed by atoms with Crippen molar-refractivity contribution >= 4 is 53.0 Å². The zero-order valence-electron chi connectivity index (χ0n) is 20.8. The minimum atomic E-state index is -2.51. The first-order valence-corrected chi connectivity index (χ1v) is 14.7. The number of rotatable bonds is 8. The second-order valence-electron chi connectivity index (χ2n) is 9.86. The largest absolute Gasteiger partial charge is 0.479 e. The van der Waals surface area contributed by atoms with Crippen LogP contribution >= 0.6 is 18.7 Å². The Hall–Kier alpha value is -2.87. The third-order valence-electron chi connectivity index (χ3n) is 6.80. The Balaban J connectivity index is 1.32. The standard InChI is InChI=1S/C25H30ClN6O3P/c1-34-16-11-25(12-16)14-32(15-25)21-10-9-19(23(30-21)35-2)29-24-27-13-17(26)22(31-24)28-18-7-5-6-8-20(18)36(3,4)33/h5-10,13,16H,11-12,14-15H2,1-4H3,(H2,27,28,29,31). The molecule has 1 aliphatic heterocycles. The molecule has 2 N–H and O–H groups in total. The van der Waals surface area contributed by atoms with Gasteiger partial charge in [-0.2, -0.15) is 9.97 Å². The molecule has 1 aliphatic carbocycles. The molecule has 190 valence electrons. The van der Waals surface area contributed by atoms with Gasteiger partial charge in [-0.1, -0.05) is 23.7 Å². The van der Waals surface area contributed by atoms with Gasteiger partial charge in [-0.25, -0.2) is 4.98 Å². The van der Waals surface area contributed by atoms with Gasteiger partial charge >= 0.3 is 0 Å². The molecule has 3 heterocycles. The summed E-state index contributed by atoms with van der Waals surface area (Å²) in [6.07, 6.45) is 4.12. The highest BCUT2D eigenvalue weighted by Gasteiger charge is 2.53. The molecule has 0 amide bonds. The SMILES string of the molecule is COc1nc(N2CC3(CC(OC)C3)C2)ccc1Nc1ncc(Cl)c(Nc2ccccc2P(C)(C)=O)n1. The number of pyridine rings is 1. The van der Waals surface area contributed by atoms with Gasteiger partial charge in [0.05, 0.1) is 25.1 Å². The molecule has 2 fully saturated rings. The number of para-hydroxylation sites is 1. The van der Waals surface area contributed by atoms with Gasteiger partial charge in [0.15, 0.2) is 5.82 Å². The molecule has 5 rings (SSSR count). The number of nitrogens with zero attached hydrogens (tertiary/aromatic N) is 4. The molecule has 0 bridgehead atoms. The van der Waals surface area contributed by atoms with Gasteiger partial charge in [-0.05, 0) is 50.4 Å². The van der Waals surface area contributed by atoms with E-state index in [2.05, 4.69) is 25.5 Å². The fourth-order valence-corrected chi connectivity index (χ4v) is 6.22. The molecule has 2 aromatic heterocycles. The van der Waals surface area contributed by atoms with Gasteiger partial charge in [0, 0.05) is 30.9 Å². The Labute approximate surface area is 216 Å².